The zero-order valence-corrected chi connectivity index (χ0v) is 10.3. The molecule has 0 bridgehead atoms. The van der Waals surface area contributed by atoms with Crippen LogP contribution in [0.4, 0.5) is 0 Å². The molecule has 0 aromatic carbocycles. The van der Waals surface area contributed by atoms with Gasteiger partial charge in [0, 0.05) is 13.2 Å². The van der Waals surface area contributed by atoms with Crippen molar-refractivity contribution in [2.24, 2.45) is 5.92 Å². The molecule has 1 heterocycles. The van der Waals surface area contributed by atoms with Gasteiger partial charge in [0.25, 0.3) is 5.91 Å². The Kier molecular flexibility index (Phi) is 4.02. The normalized spacial score (nSPS) is 17.5. The van der Waals surface area contributed by atoms with E-state index in [-0.39, 0.29) is 5.91 Å². The van der Waals surface area contributed by atoms with Crippen LogP contribution < -0.4 is 0 Å². The van der Waals surface area contributed by atoms with Crippen LogP contribution in [-0.4, -0.2) is 17.9 Å². The van der Waals surface area contributed by atoms with E-state index < -0.39 is 0 Å². The predicted molar refractivity (Wildman–Crippen MR) is 66.5 cm³/mol. The Labute approximate surface area is 102 Å². The molecule has 1 aliphatic rings. The fourth-order valence-corrected chi connectivity index (χ4v) is 2.22. The van der Waals surface area contributed by atoms with Gasteiger partial charge < -0.3 is 9.32 Å². The summed E-state index contributed by atoms with van der Waals surface area (Å²) >= 11 is 0. The third kappa shape index (κ3) is 3.22. The Balaban J connectivity index is 1.89. The first-order valence-corrected chi connectivity index (χ1v) is 6.26. The van der Waals surface area contributed by atoms with Gasteiger partial charge in [-0.15, -0.1) is 0 Å². The van der Waals surface area contributed by atoms with E-state index in [1.54, 1.807) is 24.1 Å². The molecule has 0 atom stereocenters. The second kappa shape index (κ2) is 5.71. The van der Waals surface area contributed by atoms with Crippen LogP contribution in [0.25, 0.3) is 0 Å². The zero-order valence-electron chi connectivity index (χ0n) is 10.3. The summed E-state index contributed by atoms with van der Waals surface area (Å²) in [7, 11) is 1.77. The molecular formula is C14H19NO2. The summed E-state index contributed by atoms with van der Waals surface area (Å²) < 4.78 is 5.08. The molecule has 1 saturated carbocycles. The van der Waals surface area contributed by atoms with Gasteiger partial charge in [-0.3, -0.25) is 4.79 Å². The number of furan rings is 1. The number of rotatable bonds is 3. The van der Waals surface area contributed by atoms with Crippen LogP contribution in [0.2, 0.25) is 0 Å². The van der Waals surface area contributed by atoms with Crippen LogP contribution in [0, 0.1) is 5.92 Å². The van der Waals surface area contributed by atoms with Gasteiger partial charge in [0.1, 0.15) is 0 Å². The number of amides is 1. The van der Waals surface area contributed by atoms with Gasteiger partial charge >= 0.3 is 0 Å². The van der Waals surface area contributed by atoms with Crippen molar-refractivity contribution in [1.82, 2.24) is 4.90 Å². The molecule has 1 aromatic rings. The Morgan fingerprint density at radius 1 is 1.41 bits per heavy atom. The van der Waals surface area contributed by atoms with Crippen molar-refractivity contribution in [3.63, 3.8) is 0 Å². The lowest BCUT2D eigenvalue weighted by Crippen LogP contribution is -2.20. The average molecular weight is 233 g/mol. The van der Waals surface area contributed by atoms with E-state index in [1.807, 2.05) is 6.20 Å². The summed E-state index contributed by atoms with van der Waals surface area (Å²) in [5.41, 5.74) is 0. The highest BCUT2D eigenvalue weighted by Gasteiger charge is 2.13. The lowest BCUT2D eigenvalue weighted by molar-refractivity contribution is 0.0819. The van der Waals surface area contributed by atoms with E-state index in [9.17, 15) is 4.79 Å². The summed E-state index contributed by atoms with van der Waals surface area (Å²) in [6.45, 7) is 0. The van der Waals surface area contributed by atoms with Gasteiger partial charge in [0.15, 0.2) is 5.76 Å². The molecule has 0 aliphatic heterocycles. The fraction of sp³-hybridized carbons (Fsp3) is 0.500. The number of carbonyl (C=O) groups is 1. The molecule has 0 unspecified atom stereocenters. The maximum atomic E-state index is 11.9. The first-order chi connectivity index (χ1) is 8.27. The van der Waals surface area contributed by atoms with Crippen molar-refractivity contribution in [3.8, 4) is 0 Å². The van der Waals surface area contributed by atoms with Crippen molar-refractivity contribution in [2.75, 3.05) is 7.05 Å². The number of allylic oxidation sites excluding steroid dienone is 1. The largest absolute Gasteiger partial charge is 0.459 e. The highest BCUT2D eigenvalue weighted by atomic mass is 16.3. The fourth-order valence-electron chi connectivity index (χ4n) is 2.22. The average Bonchev–Trinajstić information content (AvgIpc) is 2.90. The van der Waals surface area contributed by atoms with Crippen LogP contribution in [0.1, 0.15) is 42.7 Å². The number of carbonyl (C=O) groups excluding carboxylic acids is 1. The Morgan fingerprint density at radius 2 is 2.18 bits per heavy atom. The van der Waals surface area contributed by atoms with Gasteiger partial charge in [0.05, 0.1) is 6.26 Å². The van der Waals surface area contributed by atoms with E-state index in [1.165, 1.54) is 38.4 Å². The SMILES string of the molecule is CN(/C=C/C1CCCCC1)C(=O)c1ccco1. The van der Waals surface area contributed by atoms with Crippen molar-refractivity contribution >= 4 is 5.91 Å². The molecular weight excluding hydrogens is 214 g/mol. The minimum atomic E-state index is -0.0953. The van der Waals surface area contributed by atoms with Crippen LogP contribution in [0.3, 0.4) is 0 Å². The molecule has 3 nitrogen and oxygen atoms in total. The molecule has 1 fully saturated rings. The first kappa shape index (κ1) is 12.0. The van der Waals surface area contributed by atoms with E-state index in [0.29, 0.717) is 11.7 Å². The molecule has 0 saturated heterocycles. The van der Waals surface area contributed by atoms with Crippen LogP contribution in [0.15, 0.2) is 35.1 Å². The summed E-state index contributed by atoms with van der Waals surface area (Å²) in [5, 5.41) is 0. The molecule has 1 amide bonds. The van der Waals surface area contributed by atoms with Gasteiger partial charge in [-0.05, 0) is 30.9 Å². The molecule has 0 radical (unpaired) electrons. The molecule has 1 aliphatic carbocycles. The third-order valence-corrected chi connectivity index (χ3v) is 3.28. The summed E-state index contributed by atoms with van der Waals surface area (Å²) in [4.78, 5) is 13.5. The highest BCUT2D eigenvalue weighted by Crippen LogP contribution is 2.24. The second-order valence-electron chi connectivity index (χ2n) is 4.63. The summed E-state index contributed by atoms with van der Waals surface area (Å²) in [6, 6.07) is 3.42. The smallest absolute Gasteiger partial charge is 0.293 e. The molecule has 92 valence electrons. The van der Waals surface area contributed by atoms with Crippen molar-refractivity contribution in [3.05, 3.63) is 36.4 Å². The second-order valence-corrected chi connectivity index (χ2v) is 4.63. The quantitative estimate of drug-likeness (QED) is 0.801. The number of nitrogens with zero attached hydrogens (tertiary/aromatic N) is 1. The minimum Gasteiger partial charge on any atom is -0.459 e. The summed E-state index contributed by atoms with van der Waals surface area (Å²) in [6.07, 6.45) is 12.0. The van der Waals surface area contributed by atoms with Gasteiger partial charge in [0.2, 0.25) is 0 Å². The van der Waals surface area contributed by atoms with Crippen LogP contribution in [0.5, 0.6) is 0 Å². The number of hydrogen-bond donors (Lipinski definition) is 0. The Bertz CT molecular complexity index is 375. The molecule has 3 heteroatoms. The lowest BCUT2D eigenvalue weighted by Gasteiger charge is -2.19. The third-order valence-electron chi connectivity index (χ3n) is 3.28. The predicted octanol–water partition coefficient (Wildman–Crippen LogP) is 3.45. The topological polar surface area (TPSA) is 33.5 Å². The molecule has 1 aromatic heterocycles. The number of hydrogen-bond acceptors (Lipinski definition) is 2. The standard InChI is InChI=1S/C14H19NO2/c1-15(14(16)13-8-5-11-17-13)10-9-12-6-3-2-4-7-12/h5,8-12H,2-4,6-7H2,1H3/b10-9+. The lowest BCUT2D eigenvalue weighted by atomic mass is 9.89. The molecule has 17 heavy (non-hydrogen) atoms. The van der Waals surface area contributed by atoms with Gasteiger partial charge in [-0.25, -0.2) is 0 Å². The van der Waals surface area contributed by atoms with E-state index in [4.69, 9.17) is 4.42 Å². The van der Waals surface area contributed by atoms with Crippen molar-refractivity contribution < 1.29 is 9.21 Å². The maximum Gasteiger partial charge on any atom is 0.293 e. The van der Waals surface area contributed by atoms with Crippen molar-refractivity contribution in [2.45, 2.75) is 32.1 Å². The minimum absolute atomic E-state index is 0.0953. The Hall–Kier alpha value is -1.51. The van der Waals surface area contributed by atoms with Gasteiger partial charge in [-0.1, -0.05) is 25.3 Å². The monoisotopic (exact) mass is 233 g/mol. The molecule has 0 N–H and O–H groups in total. The zero-order chi connectivity index (χ0) is 12.1. The Morgan fingerprint density at radius 3 is 2.82 bits per heavy atom. The van der Waals surface area contributed by atoms with Crippen LogP contribution in [-0.2, 0) is 0 Å². The highest BCUT2D eigenvalue weighted by molar-refractivity contribution is 5.91. The molecule has 2 rings (SSSR count). The van der Waals surface area contributed by atoms with E-state index in [0.717, 1.165) is 0 Å². The maximum absolute atomic E-state index is 11.9. The van der Waals surface area contributed by atoms with Crippen LogP contribution >= 0.6 is 0 Å². The van der Waals surface area contributed by atoms with Crippen molar-refractivity contribution in [1.29, 1.82) is 0 Å². The first-order valence-electron chi connectivity index (χ1n) is 6.26. The summed E-state index contributed by atoms with van der Waals surface area (Å²) in [5.74, 6) is 0.929. The van der Waals surface area contributed by atoms with E-state index in [2.05, 4.69) is 6.08 Å². The molecule has 0 spiro atoms. The van der Waals surface area contributed by atoms with E-state index >= 15 is 0 Å². The van der Waals surface area contributed by atoms with Gasteiger partial charge in [-0.2, -0.15) is 0 Å².